The molecule has 5 heteroatoms. The van der Waals surface area contributed by atoms with Gasteiger partial charge in [-0.2, -0.15) is 0 Å². The van der Waals surface area contributed by atoms with Crippen LogP contribution in [0.3, 0.4) is 0 Å². The Hall–Kier alpha value is -1.95. The zero-order chi connectivity index (χ0) is 18.2. The fourth-order valence-electron chi connectivity index (χ4n) is 3.64. The minimum Gasteiger partial charge on any atom is -0.368 e. The number of sulfone groups is 1. The van der Waals surface area contributed by atoms with Gasteiger partial charge in [-0.15, -0.1) is 0 Å². The van der Waals surface area contributed by atoms with Crippen molar-refractivity contribution in [3.05, 3.63) is 77.2 Å². The maximum atomic E-state index is 13.1. The summed E-state index contributed by atoms with van der Waals surface area (Å²) < 4.78 is 38.5. The van der Waals surface area contributed by atoms with Crippen molar-refractivity contribution in [2.75, 3.05) is 0 Å². The van der Waals surface area contributed by atoms with E-state index in [1.54, 1.807) is 30.3 Å². The van der Waals surface area contributed by atoms with Gasteiger partial charge in [0.05, 0.1) is 28.1 Å². The summed E-state index contributed by atoms with van der Waals surface area (Å²) >= 11 is 0. The SMILES string of the molecule is C[C@]1(OCc2ccccc2)CC[C@H]2C=C(S(=O)(=O)c3ccccc3)[C@@H]1O2. The van der Waals surface area contributed by atoms with E-state index < -0.39 is 21.5 Å². The van der Waals surface area contributed by atoms with E-state index in [2.05, 4.69) is 0 Å². The molecule has 2 aliphatic rings. The van der Waals surface area contributed by atoms with Gasteiger partial charge < -0.3 is 9.47 Å². The second-order valence-electron chi connectivity index (χ2n) is 7.07. The van der Waals surface area contributed by atoms with Gasteiger partial charge in [-0.05, 0) is 43.5 Å². The maximum Gasteiger partial charge on any atom is 0.205 e. The highest BCUT2D eigenvalue weighted by Crippen LogP contribution is 2.44. The number of benzene rings is 2. The van der Waals surface area contributed by atoms with Gasteiger partial charge in [0.15, 0.2) is 0 Å². The molecule has 0 aliphatic carbocycles. The van der Waals surface area contributed by atoms with E-state index in [-0.39, 0.29) is 6.10 Å². The average molecular weight is 370 g/mol. The molecule has 3 atom stereocenters. The van der Waals surface area contributed by atoms with Gasteiger partial charge >= 0.3 is 0 Å². The van der Waals surface area contributed by atoms with Gasteiger partial charge in [-0.3, -0.25) is 0 Å². The van der Waals surface area contributed by atoms with Gasteiger partial charge in [0.2, 0.25) is 9.84 Å². The zero-order valence-corrected chi connectivity index (χ0v) is 15.5. The van der Waals surface area contributed by atoms with Crippen molar-refractivity contribution < 1.29 is 17.9 Å². The van der Waals surface area contributed by atoms with Gasteiger partial charge in [-0.25, -0.2) is 8.42 Å². The first kappa shape index (κ1) is 17.5. The molecule has 0 radical (unpaired) electrons. The Balaban J connectivity index is 1.61. The second-order valence-corrected chi connectivity index (χ2v) is 9.02. The lowest BCUT2D eigenvalue weighted by Crippen LogP contribution is -2.48. The van der Waals surface area contributed by atoms with Crippen LogP contribution in [0, 0.1) is 0 Å². The molecule has 0 aromatic heterocycles. The minimum absolute atomic E-state index is 0.151. The molecule has 2 aromatic rings. The molecule has 0 saturated carbocycles. The molecule has 136 valence electrons. The summed E-state index contributed by atoms with van der Waals surface area (Å²) in [7, 11) is -3.59. The largest absolute Gasteiger partial charge is 0.368 e. The summed E-state index contributed by atoms with van der Waals surface area (Å²) in [5.41, 5.74) is 0.390. The van der Waals surface area contributed by atoms with Crippen molar-refractivity contribution >= 4 is 9.84 Å². The third-order valence-corrected chi connectivity index (χ3v) is 7.04. The summed E-state index contributed by atoms with van der Waals surface area (Å²) in [6.07, 6.45) is 2.57. The molecule has 0 unspecified atom stereocenters. The number of rotatable bonds is 5. The molecule has 2 aliphatic heterocycles. The fraction of sp³-hybridized carbons (Fsp3) is 0.333. The predicted octanol–water partition coefficient (Wildman–Crippen LogP) is 3.88. The molecule has 0 spiro atoms. The number of hydrogen-bond donors (Lipinski definition) is 0. The van der Waals surface area contributed by atoms with Crippen LogP contribution >= 0.6 is 0 Å². The Labute approximate surface area is 154 Å². The van der Waals surface area contributed by atoms with Crippen LogP contribution in [0.4, 0.5) is 0 Å². The van der Waals surface area contributed by atoms with Gasteiger partial charge in [-0.1, -0.05) is 48.5 Å². The van der Waals surface area contributed by atoms with E-state index in [1.807, 2.05) is 43.3 Å². The Morgan fingerprint density at radius 2 is 1.73 bits per heavy atom. The molecule has 4 rings (SSSR count). The third kappa shape index (κ3) is 3.11. The molecule has 1 saturated heterocycles. The first-order chi connectivity index (χ1) is 12.5. The molecule has 26 heavy (non-hydrogen) atoms. The molecule has 2 aromatic carbocycles. The van der Waals surface area contributed by atoms with E-state index in [9.17, 15) is 8.42 Å². The molecule has 0 N–H and O–H groups in total. The molecule has 1 fully saturated rings. The zero-order valence-electron chi connectivity index (χ0n) is 14.7. The first-order valence-electron chi connectivity index (χ1n) is 8.84. The van der Waals surface area contributed by atoms with E-state index in [1.165, 1.54) is 0 Å². The smallest absolute Gasteiger partial charge is 0.205 e. The molecule has 2 bridgehead atoms. The van der Waals surface area contributed by atoms with Gasteiger partial charge in [0.25, 0.3) is 0 Å². The highest BCUT2D eigenvalue weighted by molar-refractivity contribution is 7.95. The van der Waals surface area contributed by atoms with E-state index in [0.29, 0.717) is 16.4 Å². The Morgan fingerprint density at radius 1 is 1.08 bits per heavy atom. The second kappa shape index (κ2) is 6.65. The Bertz CT molecular complexity index is 906. The summed E-state index contributed by atoms with van der Waals surface area (Å²) in [4.78, 5) is 0.634. The van der Waals surface area contributed by atoms with Crippen molar-refractivity contribution in [2.24, 2.45) is 0 Å². The van der Waals surface area contributed by atoms with Crippen LogP contribution < -0.4 is 0 Å². The summed E-state index contributed by atoms with van der Waals surface area (Å²) in [5.74, 6) is 0. The van der Waals surface area contributed by atoms with E-state index in [4.69, 9.17) is 9.47 Å². The Morgan fingerprint density at radius 3 is 2.42 bits per heavy atom. The third-order valence-electron chi connectivity index (χ3n) is 5.17. The van der Waals surface area contributed by atoms with Crippen molar-refractivity contribution in [3.8, 4) is 0 Å². The standard InChI is InChI=1S/C21H22O4S/c1-21(24-15-16-8-4-2-5-9-16)13-12-17-14-19(20(21)25-17)26(22,23)18-10-6-3-7-11-18/h2-11,14,17,20H,12-13,15H2,1H3/t17-,20-,21-/m0/s1. The summed E-state index contributed by atoms with van der Waals surface area (Å²) in [6, 6.07) is 18.4. The fourth-order valence-corrected chi connectivity index (χ4v) is 5.35. The molecule has 2 heterocycles. The molecule has 4 nitrogen and oxygen atoms in total. The number of fused-ring (bicyclic) bond motifs is 2. The maximum absolute atomic E-state index is 13.1. The average Bonchev–Trinajstić information content (AvgIpc) is 3.07. The highest BCUT2D eigenvalue weighted by Gasteiger charge is 2.51. The lowest BCUT2D eigenvalue weighted by molar-refractivity contribution is -0.163. The van der Waals surface area contributed by atoms with E-state index in [0.717, 1.165) is 18.4 Å². The van der Waals surface area contributed by atoms with Crippen molar-refractivity contribution in [1.82, 2.24) is 0 Å². The van der Waals surface area contributed by atoms with Crippen LogP contribution in [0.5, 0.6) is 0 Å². The lowest BCUT2D eigenvalue weighted by atomic mass is 9.91. The molecular formula is C21H22O4S. The minimum atomic E-state index is -3.59. The van der Waals surface area contributed by atoms with Crippen LogP contribution in [-0.2, 0) is 25.9 Å². The number of ether oxygens (including phenoxy) is 2. The molecule has 0 amide bonds. The van der Waals surface area contributed by atoms with Crippen molar-refractivity contribution in [1.29, 1.82) is 0 Å². The van der Waals surface area contributed by atoms with Crippen molar-refractivity contribution in [2.45, 2.75) is 49.1 Å². The van der Waals surface area contributed by atoms with Crippen LogP contribution in [0.1, 0.15) is 25.3 Å². The van der Waals surface area contributed by atoms with Crippen LogP contribution in [-0.4, -0.2) is 26.2 Å². The lowest BCUT2D eigenvalue weighted by Gasteiger charge is -2.40. The van der Waals surface area contributed by atoms with Crippen LogP contribution in [0.15, 0.2) is 76.5 Å². The van der Waals surface area contributed by atoms with E-state index >= 15 is 0 Å². The Kier molecular flexibility index (Phi) is 4.47. The number of hydrogen-bond acceptors (Lipinski definition) is 4. The van der Waals surface area contributed by atoms with Gasteiger partial charge in [0, 0.05) is 0 Å². The topological polar surface area (TPSA) is 52.6 Å². The first-order valence-corrected chi connectivity index (χ1v) is 10.3. The molecular weight excluding hydrogens is 348 g/mol. The van der Waals surface area contributed by atoms with Crippen LogP contribution in [0.25, 0.3) is 0 Å². The summed E-state index contributed by atoms with van der Waals surface area (Å²) in [5, 5.41) is 0. The monoisotopic (exact) mass is 370 g/mol. The quantitative estimate of drug-likeness (QED) is 0.801. The summed E-state index contributed by atoms with van der Waals surface area (Å²) in [6.45, 7) is 2.39. The van der Waals surface area contributed by atoms with Crippen LogP contribution in [0.2, 0.25) is 0 Å². The highest BCUT2D eigenvalue weighted by atomic mass is 32.2. The van der Waals surface area contributed by atoms with Gasteiger partial charge in [0.1, 0.15) is 6.10 Å². The van der Waals surface area contributed by atoms with Crippen molar-refractivity contribution in [3.63, 3.8) is 0 Å². The normalized spacial score (nSPS) is 28.0. The predicted molar refractivity (Wildman–Crippen MR) is 99.2 cm³/mol.